The maximum Gasteiger partial charge on any atom is 0.0995 e. The lowest BCUT2D eigenvalue weighted by Crippen LogP contribution is -2.40. The van der Waals surface area contributed by atoms with Gasteiger partial charge >= 0.3 is 0 Å². The molecule has 19 heavy (non-hydrogen) atoms. The van der Waals surface area contributed by atoms with Gasteiger partial charge in [-0.3, -0.25) is 4.98 Å². The first-order chi connectivity index (χ1) is 9.18. The van der Waals surface area contributed by atoms with Crippen molar-refractivity contribution >= 4 is 5.69 Å². The first kappa shape index (κ1) is 12.4. The highest BCUT2D eigenvalue weighted by Gasteiger charge is 2.46. The van der Waals surface area contributed by atoms with Crippen molar-refractivity contribution in [3.63, 3.8) is 0 Å². The van der Waals surface area contributed by atoms with Crippen molar-refractivity contribution in [3.05, 3.63) is 24.0 Å². The molecule has 2 heterocycles. The van der Waals surface area contributed by atoms with E-state index in [1.807, 2.05) is 12.1 Å². The first-order valence-electron chi connectivity index (χ1n) is 6.95. The maximum absolute atomic E-state index is 9.63. The molecule has 2 fully saturated rings. The lowest BCUT2D eigenvalue weighted by molar-refractivity contribution is -0.0347. The van der Waals surface area contributed by atoms with E-state index >= 15 is 0 Å². The predicted molar refractivity (Wildman–Crippen MR) is 72.3 cm³/mol. The number of nitriles is 1. The fourth-order valence-corrected chi connectivity index (χ4v) is 3.40. The van der Waals surface area contributed by atoms with Gasteiger partial charge in [-0.15, -0.1) is 0 Å². The maximum atomic E-state index is 9.63. The predicted octanol–water partition coefficient (Wildman–Crippen LogP) is 2.55. The molecule has 2 N–H and O–H groups in total. The van der Waals surface area contributed by atoms with E-state index in [-0.39, 0.29) is 5.60 Å². The van der Waals surface area contributed by atoms with Crippen LogP contribution in [0.4, 0.5) is 5.69 Å². The summed E-state index contributed by atoms with van der Waals surface area (Å²) in [5, 5.41) is 9.63. The number of hydrogen-bond donors (Lipinski definition) is 1. The Bertz CT molecular complexity index is 487. The van der Waals surface area contributed by atoms with Crippen LogP contribution in [0.5, 0.6) is 0 Å². The molecule has 1 saturated heterocycles. The third-order valence-electron chi connectivity index (χ3n) is 4.69. The van der Waals surface area contributed by atoms with Gasteiger partial charge in [-0.25, -0.2) is 0 Å². The van der Waals surface area contributed by atoms with Gasteiger partial charge < -0.3 is 10.5 Å². The van der Waals surface area contributed by atoms with Crippen LogP contribution in [0.2, 0.25) is 0 Å². The Hall–Kier alpha value is -1.60. The molecule has 1 aliphatic carbocycles. The third-order valence-corrected chi connectivity index (χ3v) is 4.69. The third kappa shape index (κ3) is 2.08. The summed E-state index contributed by atoms with van der Waals surface area (Å²) in [6, 6.07) is 6.23. The number of rotatable bonds is 1. The SMILES string of the molecule is N#CC1(c2ccc(N)cn2)CCC2(CCCO2)CC1. The summed E-state index contributed by atoms with van der Waals surface area (Å²) in [6.07, 6.45) is 7.54. The van der Waals surface area contributed by atoms with E-state index in [9.17, 15) is 5.26 Å². The highest BCUT2D eigenvalue weighted by Crippen LogP contribution is 2.47. The fourth-order valence-electron chi connectivity index (χ4n) is 3.40. The zero-order valence-electron chi connectivity index (χ0n) is 11.1. The van der Waals surface area contributed by atoms with Crippen LogP contribution < -0.4 is 5.73 Å². The van der Waals surface area contributed by atoms with Gasteiger partial charge in [0.25, 0.3) is 0 Å². The lowest BCUT2D eigenvalue weighted by Gasteiger charge is -2.40. The van der Waals surface area contributed by atoms with Gasteiger partial charge in [-0.2, -0.15) is 5.26 Å². The molecule has 100 valence electrons. The number of ether oxygens (including phenoxy) is 1. The number of anilines is 1. The van der Waals surface area contributed by atoms with Gasteiger partial charge in [0.1, 0.15) is 0 Å². The van der Waals surface area contributed by atoms with E-state index in [0.717, 1.165) is 50.8 Å². The molecule has 0 amide bonds. The molecule has 1 aromatic rings. The summed E-state index contributed by atoms with van der Waals surface area (Å²) >= 11 is 0. The number of aromatic nitrogens is 1. The molecule has 2 aliphatic rings. The molecule has 4 heteroatoms. The second-order valence-electron chi connectivity index (χ2n) is 5.81. The summed E-state index contributed by atoms with van der Waals surface area (Å²) in [7, 11) is 0. The highest BCUT2D eigenvalue weighted by atomic mass is 16.5. The zero-order chi connectivity index (χ0) is 13.3. The Kier molecular flexibility index (Phi) is 2.94. The standard InChI is InChI=1S/C15H19N3O/c16-11-14(13-3-2-12(17)10-18-13)5-7-15(8-6-14)4-1-9-19-15/h2-3,10H,1,4-9,17H2. The van der Waals surface area contributed by atoms with Crippen molar-refractivity contribution in [1.82, 2.24) is 4.98 Å². The average molecular weight is 257 g/mol. The Morgan fingerprint density at radius 2 is 2.00 bits per heavy atom. The van der Waals surface area contributed by atoms with Crippen molar-refractivity contribution in [3.8, 4) is 6.07 Å². The zero-order valence-corrected chi connectivity index (χ0v) is 11.1. The van der Waals surface area contributed by atoms with E-state index in [1.165, 1.54) is 0 Å². The Morgan fingerprint density at radius 3 is 2.53 bits per heavy atom. The van der Waals surface area contributed by atoms with Crippen LogP contribution in [-0.2, 0) is 10.2 Å². The van der Waals surface area contributed by atoms with Crippen LogP contribution in [0.3, 0.4) is 0 Å². The topological polar surface area (TPSA) is 71.9 Å². The molecule has 1 saturated carbocycles. The largest absolute Gasteiger partial charge is 0.397 e. The summed E-state index contributed by atoms with van der Waals surface area (Å²) in [5.74, 6) is 0. The number of nitrogens with zero attached hydrogens (tertiary/aromatic N) is 2. The minimum absolute atomic E-state index is 0.0498. The molecule has 0 radical (unpaired) electrons. The number of hydrogen-bond acceptors (Lipinski definition) is 4. The smallest absolute Gasteiger partial charge is 0.0995 e. The van der Waals surface area contributed by atoms with Crippen LogP contribution in [0.15, 0.2) is 18.3 Å². The summed E-state index contributed by atoms with van der Waals surface area (Å²) in [4.78, 5) is 4.37. The van der Waals surface area contributed by atoms with Crippen LogP contribution in [0.1, 0.15) is 44.2 Å². The normalized spacial score (nSPS) is 34.3. The van der Waals surface area contributed by atoms with Gasteiger partial charge in [0.05, 0.1) is 34.7 Å². The van der Waals surface area contributed by atoms with Gasteiger partial charge in [-0.1, -0.05) is 0 Å². The molecular formula is C15H19N3O. The molecular weight excluding hydrogens is 238 g/mol. The van der Waals surface area contributed by atoms with Crippen molar-refractivity contribution in [2.24, 2.45) is 0 Å². The second-order valence-corrected chi connectivity index (χ2v) is 5.81. The van der Waals surface area contributed by atoms with Crippen LogP contribution >= 0.6 is 0 Å². The minimum atomic E-state index is -0.453. The summed E-state index contributed by atoms with van der Waals surface area (Å²) in [6.45, 7) is 0.875. The average Bonchev–Trinajstić information content (AvgIpc) is 2.90. The monoisotopic (exact) mass is 257 g/mol. The van der Waals surface area contributed by atoms with E-state index in [0.29, 0.717) is 5.69 Å². The fraction of sp³-hybridized carbons (Fsp3) is 0.600. The van der Waals surface area contributed by atoms with E-state index < -0.39 is 5.41 Å². The number of pyridine rings is 1. The molecule has 0 aromatic carbocycles. The van der Waals surface area contributed by atoms with E-state index in [2.05, 4.69) is 11.1 Å². The van der Waals surface area contributed by atoms with Crippen molar-refractivity contribution in [2.45, 2.75) is 49.5 Å². The minimum Gasteiger partial charge on any atom is -0.397 e. The van der Waals surface area contributed by atoms with Crippen molar-refractivity contribution in [1.29, 1.82) is 5.26 Å². The second kappa shape index (κ2) is 4.50. The summed E-state index contributed by atoms with van der Waals surface area (Å²) in [5.41, 5.74) is 6.77. The number of nitrogens with two attached hydrogens (primary N) is 1. The number of nitrogen functional groups attached to an aromatic ring is 1. The molecule has 1 aromatic heterocycles. The molecule has 1 aliphatic heterocycles. The van der Waals surface area contributed by atoms with Gasteiger partial charge in [0.15, 0.2) is 0 Å². The molecule has 0 bridgehead atoms. The van der Waals surface area contributed by atoms with Crippen LogP contribution in [0.25, 0.3) is 0 Å². The van der Waals surface area contributed by atoms with Crippen molar-refractivity contribution in [2.75, 3.05) is 12.3 Å². The summed E-state index contributed by atoms with van der Waals surface area (Å²) < 4.78 is 5.92. The quantitative estimate of drug-likeness (QED) is 0.839. The molecule has 0 atom stereocenters. The van der Waals surface area contributed by atoms with Crippen molar-refractivity contribution < 1.29 is 4.74 Å². The van der Waals surface area contributed by atoms with Crippen LogP contribution in [0, 0.1) is 11.3 Å². The first-order valence-corrected chi connectivity index (χ1v) is 6.95. The Balaban J connectivity index is 1.82. The van der Waals surface area contributed by atoms with Gasteiger partial charge in [-0.05, 0) is 50.7 Å². The molecule has 3 rings (SSSR count). The van der Waals surface area contributed by atoms with E-state index in [1.54, 1.807) is 6.20 Å². The van der Waals surface area contributed by atoms with E-state index in [4.69, 9.17) is 10.5 Å². The lowest BCUT2D eigenvalue weighted by atomic mass is 9.67. The molecule has 0 unspecified atom stereocenters. The Labute approximate surface area is 113 Å². The highest BCUT2D eigenvalue weighted by molar-refractivity contribution is 5.38. The van der Waals surface area contributed by atoms with Gasteiger partial charge in [0, 0.05) is 6.61 Å². The molecule has 1 spiro atoms. The Morgan fingerprint density at radius 1 is 1.21 bits per heavy atom. The molecule has 4 nitrogen and oxygen atoms in total. The van der Waals surface area contributed by atoms with Gasteiger partial charge in [0.2, 0.25) is 0 Å². The van der Waals surface area contributed by atoms with Crippen LogP contribution in [-0.4, -0.2) is 17.2 Å².